The molecule has 0 aliphatic carbocycles. The summed E-state index contributed by atoms with van der Waals surface area (Å²) in [4.78, 5) is 8.75. The molecule has 106 valence electrons. The number of aromatic nitrogens is 2. The number of anilines is 1. The molecule has 2 aromatic rings. The first-order valence-corrected chi connectivity index (χ1v) is 6.63. The summed E-state index contributed by atoms with van der Waals surface area (Å²) in [5, 5.41) is 3.17. The van der Waals surface area contributed by atoms with Crippen LogP contribution in [-0.4, -0.2) is 16.5 Å². The van der Waals surface area contributed by atoms with Gasteiger partial charge in [-0.15, -0.1) is 0 Å². The van der Waals surface area contributed by atoms with Gasteiger partial charge >= 0.3 is 0 Å². The summed E-state index contributed by atoms with van der Waals surface area (Å²) in [6.07, 6.45) is 0.798. The van der Waals surface area contributed by atoms with E-state index in [1.807, 2.05) is 20.8 Å². The fraction of sp³-hybridized carbons (Fsp3) is 0.333. The van der Waals surface area contributed by atoms with E-state index in [-0.39, 0.29) is 0 Å². The maximum absolute atomic E-state index is 13.3. The Morgan fingerprint density at radius 3 is 2.25 bits per heavy atom. The molecule has 1 aromatic heterocycles. The Balaban J connectivity index is 2.57. The molecule has 0 fully saturated rings. The van der Waals surface area contributed by atoms with Gasteiger partial charge in [0.15, 0.2) is 5.82 Å². The summed E-state index contributed by atoms with van der Waals surface area (Å²) in [5.74, 6) is -0.215. The quantitative estimate of drug-likeness (QED) is 0.925. The van der Waals surface area contributed by atoms with Crippen LogP contribution in [-0.2, 0) is 6.42 Å². The molecule has 0 aliphatic heterocycles. The van der Waals surface area contributed by atoms with E-state index < -0.39 is 11.6 Å². The average molecular weight is 277 g/mol. The number of rotatable bonds is 4. The van der Waals surface area contributed by atoms with Crippen LogP contribution in [0.1, 0.15) is 25.1 Å². The van der Waals surface area contributed by atoms with Gasteiger partial charge in [0.25, 0.3) is 0 Å². The topological polar surface area (TPSA) is 37.8 Å². The zero-order chi connectivity index (χ0) is 14.7. The molecule has 0 spiro atoms. The van der Waals surface area contributed by atoms with Crippen molar-refractivity contribution in [2.75, 3.05) is 11.9 Å². The second-order valence-electron chi connectivity index (χ2n) is 4.50. The minimum absolute atomic E-state index is 0.328. The number of benzene rings is 1. The molecule has 5 heteroatoms. The van der Waals surface area contributed by atoms with Gasteiger partial charge in [-0.3, -0.25) is 0 Å². The first-order valence-electron chi connectivity index (χ1n) is 6.63. The first kappa shape index (κ1) is 14.4. The molecule has 3 nitrogen and oxygen atoms in total. The van der Waals surface area contributed by atoms with Crippen LogP contribution in [0.3, 0.4) is 0 Å². The zero-order valence-electron chi connectivity index (χ0n) is 11.8. The lowest BCUT2D eigenvalue weighted by atomic mass is 10.1. The van der Waals surface area contributed by atoms with Crippen molar-refractivity contribution in [3.8, 4) is 11.4 Å². The van der Waals surface area contributed by atoms with Gasteiger partial charge in [-0.1, -0.05) is 6.92 Å². The predicted molar refractivity (Wildman–Crippen MR) is 75.7 cm³/mol. The van der Waals surface area contributed by atoms with E-state index in [2.05, 4.69) is 15.3 Å². The molecule has 0 bridgehead atoms. The van der Waals surface area contributed by atoms with Crippen molar-refractivity contribution in [2.45, 2.75) is 27.2 Å². The lowest BCUT2D eigenvalue weighted by Gasteiger charge is -2.13. The Hall–Kier alpha value is -2.04. The van der Waals surface area contributed by atoms with Crippen LogP contribution in [0.2, 0.25) is 0 Å². The number of nitrogens with zero attached hydrogens (tertiary/aromatic N) is 2. The molecule has 0 saturated heterocycles. The molecule has 1 N–H and O–H groups in total. The molecule has 0 unspecified atom stereocenters. The first-order chi connectivity index (χ1) is 9.55. The number of hydrogen-bond donors (Lipinski definition) is 1. The molecule has 0 aliphatic rings. The Morgan fingerprint density at radius 2 is 1.70 bits per heavy atom. The predicted octanol–water partition coefficient (Wildman–Crippen LogP) is 3.72. The van der Waals surface area contributed by atoms with Crippen molar-refractivity contribution in [3.63, 3.8) is 0 Å². The molecular weight excluding hydrogens is 260 g/mol. The van der Waals surface area contributed by atoms with Crippen LogP contribution >= 0.6 is 0 Å². The Labute approximate surface area is 117 Å². The lowest BCUT2D eigenvalue weighted by Crippen LogP contribution is -2.08. The summed E-state index contributed by atoms with van der Waals surface area (Å²) >= 11 is 0. The van der Waals surface area contributed by atoms with Crippen LogP contribution < -0.4 is 5.32 Å². The van der Waals surface area contributed by atoms with E-state index in [0.29, 0.717) is 11.4 Å². The van der Waals surface area contributed by atoms with Gasteiger partial charge in [-0.2, -0.15) is 0 Å². The van der Waals surface area contributed by atoms with Gasteiger partial charge in [0.2, 0.25) is 0 Å². The maximum Gasteiger partial charge on any atom is 0.161 e. The molecule has 2 rings (SSSR count). The second-order valence-corrected chi connectivity index (χ2v) is 4.50. The summed E-state index contributed by atoms with van der Waals surface area (Å²) in [6, 6.07) is 3.31. The summed E-state index contributed by atoms with van der Waals surface area (Å²) in [6.45, 7) is 6.59. The summed E-state index contributed by atoms with van der Waals surface area (Å²) < 4.78 is 26.6. The second kappa shape index (κ2) is 5.94. The third-order valence-corrected chi connectivity index (χ3v) is 3.03. The Kier molecular flexibility index (Phi) is 4.27. The van der Waals surface area contributed by atoms with Crippen molar-refractivity contribution in [1.82, 2.24) is 9.97 Å². The average Bonchev–Trinajstić information content (AvgIpc) is 2.37. The highest BCUT2D eigenvalue weighted by molar-refractivity contribution is 5.60. The highest BCUT2D eigenvalue weighted by Crippen LogP contribution is 2.24. The summed E-state index contributed by atoms with van der Waals surface area (Å²) in [7, 11) is 0. The highest BCUT2D eigenvalue weighted by atomic mass is 19.1. The van der Waals surface area contributed by atoms with Gasteiger partial charge in [-0.05, 0) is 32.4 Å². The molecule has 1 aromatic carbocycles. The molecule has 0 amide bonds. The standard InChI is InChI=1S/C15H17F2N3/c1-4-13-9(3)19-14(20-15(13)18-5-2)10-6-11(16)8-12(17)7-10/h6-8H,4-5H2,1-3H3,(H,18,19,20). The van der Waals surface area contributed by atoms with E-state index in [1.165, 1.54) is 12.1 Å². The third-order valence-electron chi connectivity index (χ3n) is 3.03. The van der Waals surface area contributed by atoms with Crippen molar-refractivity contribution in [3.05, 3.63) is 41.1 Å². The molecule has 0 saturated carbocycles. The molecular formula is C15H17F2N3. The van der Waals surface area contributed by atoms with Gasteiger partial charge in [0.1, 0.15) is 17.5 Å². The zero-order valence-corrected chi connectivity index (χ0v) is 11.8. The fourth-order valence-electron chi connectivity index (χ4n) is 2.15. The van der Waals surface area contributed by atoms with Crippen LogP contribution in [0.5, 0.6) is 0 Å². The highest BCUT2D eigenvalue weighted by Gasteiger charge is 2.12. The van der Waals surface area contributed by atoms with E-state index in [9.17, 15) is 8.78 Å². The van der Waals surface area contributed by atoms with Crippen LogP contribution in [0.15, 0.2) is 18.2 Å². The van der Waals surface area contributed by atoms with E-state index in [4.69, 9.17) is 0 Å². The van der Waals surface area contributed by atoms with Crippen molar-refractivity contribution < 1.29 is 8.78 Å². The monoisotopic (exact) mass is 277 g/mol. The molecule has 20 heavy (non-hydrogen) atoms. The lowest BCUT2D eigenvalue weighted by molar-refractivity contribution is 0.584. The fourth-order valence-corrected chi connectivity index (χ4v) is 2.15. The van der Waals surface area contributed by atoms with Gasteiger partial charge < -0.3 is 5.32 Å². The number of aryl methyl sites for hydroxylation is 1. The largest absolute Gasteiger partial charge is 0.370 e. The van der Waals surface area contributed by atoms with Crippen molar-refractivity contribution in [1.29, 1.82) is 0 Å². The van der Waals surface area contributed by atoms with Crippen LogP contribution in [0, 0.1) is 18.6 Å². The molecule has 0 radical (unpaired) electrons. The summed E-state index contributed by atoms with van der Waals surface area (Å²) in [5.41, 5.74) is 2.18. The van der Waals surface area contributed by atoms with Crippen LogP contribution in [0.25, 0.3) is 11.4 Å². The molecule has 1 heterocycles. The van der Waals surface area contributed by atoms with Gasteiger partial charge in [0, 0.05) is 29.4 Å². The minimum atomic E-state index is -0.633. The van der Waals surface area contributed by atoms with Gasteiger partial charge in [-0.25, -0.2) is 18.7 Å². The third kappa shape index (κ3) is 2.92. The van der Waals surface area contributed by atoms with E-state index in [0.717, 1.165) is 36.1 Å². The Bertz CT molecular complexity index is 607. The van der Waals surface area contributed by atoms with Crippen molar-refractivity contribution >= 4 is 5.82 Å². The Morgan fingerprint density at radius 1 is 1.05 bits per heavy atom. The minimum Gasteiger partial charge on any atom is -0.370 e. The number of halogens is 2. The normalized spacial score (nSPS) is 10.7. The maximum atomic E-state index is 13.3. The number of nitrogens with one attached hydrogen (secondary N) is 1. The van der Waals surface area contributed by atoms with E-state index >= 15 is 0 Å². The van der Waals surface area contributed by atoms with Crippen molar-refractivity contribution in [2.24, 2.45) is 0 Å². The van der Waals surface area contributed by atoms with Crippen LogP contribution in [0.4, 0.5) is 14.6 Å². The SMILES string of the molecule is CCNc1nc(-c2cc(F)cc(F)c2)nc(C)c1CC. The molecule has 0 atom stereocenters. The van der Waals surface area contributed by atoms with Gasteiger partial charge in [0.05, 0.1) is 0 Å². The van der Waals surface area contributed by atoms with E-state index in [1.54, 1.807) is 0 Å². The number of hydrogen-bond acceptors (Lipinski definition) is 3. The smallest absolute Gasteiger partial charge is 0.161 e.